The van der Waals surface area contributed by atoms with Crippen LogP contribution in [0.3, 0.4) is 0 Å². The maximum absolute atomic E-state index is 12.4. The van der Waals surface area contributed by atoms with Gasteiger partial charge in [-0.3, -0.25) is 9.59 Å². The molecular formula is C14H27N3O3. The predicted molar refractivity (Wildman–Crippen MR) is 77.4 cm³/mol. The molecule has 20 heavy (non-hydrogen) atoms. The molecule has 1 atom stereocenters. The van der Waals surface area contributed by atoms with Crippen LogP contribution in [0.1, 0.15) is 26.2 Å². The Labute approximate surface area is 121 Å². The molecule has 0 aromatic carbocycles. The number of hydrogen-bond acceptors (Lipinski definition) is 4. The van der Waals surface area contributed by atoms with E-state index < -0.39 is 0 Å². The highest BCUT2D eigenvalue weighted by atomic mass is 16.5. The molecule has 1 unspecified atom stereocenters. The summed E-state index contributed by atoms with van der Waals surface area (Å²) in [6.07, 6.45) is 2.65. The van der Waals surface area contributed by atoms with Crippen molar-refractivity contribution in [1.29, 1.82) is 0 Å². The van der Waals surface area contributed by atoms with Gasteiger partial charge in [0.2, 0.25) is 11.8 Å². The Morgan fingerprint density at radius 1 is 1.45 bits per heavy atom. The van der Waals surface area contributed by atoms with Gasteiger partial charge in [-0.25, -0.2) is 0 Å². The van der Waals surface area contributed by atoms with E-state index in [0.29, 0.717) is 19.7 Å². The number of ether oxygens (including phenoxy) is 1. The van der Waals surface area contributed by atoms with E-state index >= 15 is 0 Å². The first-order valence-electron chi connectivity index (χ1n) is 7.21. The molecule has 6 nitrogen and oxygen atoms in total. The summed E-state index contributed by atoms with van der Waals surface area (Å²) in [4.78, 5) is 25.7. The fraction of sp³-hybridized carbons (Fsp3) is 0.857. The van der Waals surface area contributed by atoms with Gasteiger partial charge in [0.15, 0.2) is 0 Å². The first kappa shape index (κ1) is 16.9. The second-order valence-corrected chi connectivity index (χ2v) is 5.70. The van der Waals surface area contributed by atoms with Crippen molar-refractivity contribution < 1.29 is 14.3 Å². The minimum atomic E-state index is -0.386. The molecule has 0 aliphatic carbocycles. The molecule has 2 amide bonds. The molecule has 1 saturated heterocycles. The lowest BCUT2D eigenvalue weighted by Crippen LogP contribution is -2.51. The Morgan fingerprint density at radius 2 is 2.20 bits per heavy atom. The van der Waals surface area contributed by atoms with Crippen LogP contribution in [-0.2, 0) is 14.3 Å². The molecule has 1 aliphatic rings. The summed E-state index contributed by atoms with van der Waals surface area (Å²) in [5.41, 5.74) is -0.386. The summed E-state index contributed by atoms with van der Waals surface area (Å²) < 4.78 is 4.91. The van der Waals surface area contributed by atoms with Crippen molar-refractivity contribution in [1.82, 2.24) is 15.5 Å². The molecule has 0 bridgehead atoms. The fourth-order valence-corrected chi connectivity index (χ4v) is 2.49. The monoisotopic (exact) mass is 285 g/mol. The molecule has 0 aromatic heterocycles. The van der Waals surface area contributed by atoms with Crippen molar-refractivity contribution >= 4 is 11.8 Å². The zero-order valence-corrected chi connectivity index (χ0v) is 12.8. The van der Waals surface area contributed by atoms with Crippen LogP contribution in [0.5, 0.6) is 0 Å². The number of likely N-dealkylation sites (N-methyl/N-ethyl adjacent to an activating group) is 1. The molecule has 0 spiro atoms. The quantitative estimate of drug-likeness (QED) is 0.645. The summed E-state index contributed by atoms with van der Waals surface area (Å²) in [7, 11) is 3.32. The highest BCUT2D eigenvalue weighted by Gasteiger charge is 2.36. The number of rotatable bonds is 7. The van der Waals surface area contributed by atoms with Crippen LogP contribution in [0.15, 0.2) is 0 Å². The van der Waals surface area contributed by atoms with Gasteiger partial charge in [0.1, 0.15) is 0 Å². The summed E-state index contributed by atoms with van der Waals surface area (Å²) >= 11 is 0. The van der Waals surface area contributed by atoms with Crippen LogP contribution in [-0.4, -0.2) is 63.7 Å². The first-order valence-corrected chi connectivity index (χ1v) is 7.21. The van der Waals surface area contributed by atoms with Gasteiger partial charge in [-0.1, -0.05) is 0 Å². The molecule has 0 aromatic rings. The van der Waals surface area contributed by atoms with Crippen molar-refractivity contribution in [2.45, 2.75) is 26.2 Å². The highest BCUT2D eigenvalue weighted by molar-refractivity contribution is 5.87. The van der Waals surface area contributed by atoms with Crippen molar-refractivity contribution in [3.63, 3.8) is 0 Å². The molecule has 1 aliphatic heterocycles. The van der Waals surface area contributed by atoms with Gasteiger partial charge in [0.25, 0.3) is 0 Å². The molecule has 1 heterocycles. The van der Waals surface area contributed by atoms with Gasteiger partial charge in [-0.05, 0) is 32.7 Å². The van der Waals surface area contributed by atoms with Crippen LogP contribution in [0, 0.1) is 5.41 Å². The van der Waals surface area contributed by atoms with Crippen LogP contribution >= 0.6 is 0 Å². The van der Waals surface area contributed by atoms with Crippen LogP contribution in [0.4, 0.5) is 0 Å². The molecule has 2 N–H and O–H groups in total. The van der Waals surface area contributed by atoms with E-state index in [1.54, 1.807) is 14.2 Å². The van der Waals surface area contributed by atoms with Gasteiger partial charge in [0, 0.05) is 33.9 Å². The molecule has 0 saturated carbocycles. The average molecular weight is 285 g/mol. The van der Waals surface area contributed by atoms with Crippen molar-refractivity contribution in [3.8, 4) is 0 Å². The number of carbonyl (C=O) groups is 2. The van der Waals surface area contributed by atoms with E-state index in [1.807, 2.05) is 6.92 Å². The van der Waals surface area contributed by atoms with Gasteiger partial charge in [-0.2, -0.15) is 0 Å². The van der Waals surface area contributed by atoms with Gasteiger partial charge < -0.3 is 20.3 Å². The van der Waals surface area contributed by atoms with E-state index in [9.17, 15) is 9.59 Å². The predicted octanol–water partition coefficient (Wildman–Crippen LogP) is -0.0128. The third kappa shape index (κ3) is 5.09. The number of amides is 2. The summed E-state index contributed by atoms with van der Waals surface area (Å²) in [5.74, 6) is -0.0823. The Balaban J connectivity index is 2.35. The number of nitrogens with one attached hydrogen (secondary N) is 2. The Kier molecular flexibility index (Phi) is 6.95. The summed E-state index contributed by atoms with van der Waals surface area (Å²) in [6.45, 7) is 4.93. The van der Waals surface area contributed by atoms with E-state index in [2.05, 4.69) is 10.6 Å². The molecule has 1 fully saturated rings. The highest BCUT2D eigenvalue weighted by Crippen LogP contribution is 2.27. The van der Waals surface area contributed by atoms with Gasteiger partial charge >= 0.3 is 0 Å². The Hall–Kier alpha value is -1.14. The van der Waals surface area contributed by atoms with E-state index in [1.165, 1.54) is 4.90 Å². The van der Waals surface area contributed by atoms with Crippen LogP contribution in [0.25, 0.3) is 0 Å². The minimum Gasteiger partial charge on any atom is -0.385 e. The lowest BCUT2D eigenvalue weighted by molar-refractivity contribution is -0.143. The number of carbonyl (C=O) groups excluding carboxylic acids is 2. The Morgan fingerprint density at radius 3 is 2.80 bits per heavy atom. The molecule has 1 rings (SSSR count). The number of hydrogen-bond donors (Lipinski definition) is 2. The molecule has 0 radical (unpaired) electrons. The van der Waals surface area contributed by atoms with Gasteiger partial charge in [0.05, 0.1) is 12.0 Å². The second-order valence-electron chi connectivity index (χ2n) is 5.70. The SMILES string of the molecule is COCCCNC(=O)CN(C)C(=O)C1(C)CCCNC1. The zero-order valence-electron chi connectivity index (χ0n) is 12.8. The first-order chi connectivity index (χ1) is 9.49. The van der Waals surface area contributed by atoms with E-state index in [0.717, 1.165) is 25.8 Å². The lowest BCUT2D eigenvalue weighted by Gasteiger charge is -2.35. The average Bonchev–Trinajstić information content (AvgIpc) is 2.43. The number of nitrogens with zero attached hydrogens (tertiary/aromatic N) is 1. The lowest BCUT2D eigenvalue weighted by atomic mass is 9.81. The fourth-order valence-electron chi connectivity index (χ4n) is 2.49. The number of methoxy groups -OCH3 is 1. The zero-order chi connectivity index (χ0) is 15.0. The minimum absolute atomic E-state index is 0.0386. The normalized spacial score (nSPS) is 22.4. The number of piperidine rings is 1. The van der Waals surface area contributed by atoms with E-state index in [4.69, 9.17) is 4.74 Å². The topological polar surface area (TPSA) is 70.7 Å². The van der Waals surface area contributed by atoms with Crippen molar-refractivity contribution in [2.75, 3.05) is 46.9 Å². The smallest absolute Gasteiger partial charge is 0.239 e. The van der Waals surface area contributed by atoms with Crippen molar-refractivity contribution in [3.05, 3.63) is 0 Å². The summed E-state index contributed by atoms with van der Waals surface area (Å²) in [6, 6.07) is 0. The molecule has 116 valence electrons. The Bertz CT molecular complexity index is 328. The van der Waals surface area contributed by atoms with Gasteiger partial charge in [-0.15, -0.1) is 0 Å². The molecular weight excluding hydrogens is 258 g/mol. The third-order valence-electron chi connectivity index (χ3n) is 3.69. The third-order valence-corrected chi connectivity index (χ3v) is 3.69. The van der Waals surface area contributed by atoms with Crippen LogP contribution < -0.4 is 10.6 Å². The second kappa shape index (κ2) is 8.21. The standard InChI is InChI=1S/C14H27N3O3/c1-14(6-4-7-15-11-14)13(19)17(2)10-12(18)16-8-5-9-20-3/h15H,4-11H2,1-3H3,(H,16,18). The van der Waals surface area contributed by atoms with Crippen LogP contribution in [0.2, 0.25) is 0 Å². The largest absolute Gasteiger partial charge is 0.385 e. The summed E-state index contributed by atoms with van der Waals surface area (Å²) in [5, 5.41) is 6.04. The van der Waals surface area contributed by atoms with E-state index in [-0.39, 0.29) is 23.8 Å². The molecule has 6 heteroatoms. The maximum atomic E-state index is 12.4. The van der Waals surface area contributed by atoms with Crippen molar-refractivity contribution in [2.24, 2.45) is 5.41 Å². The maximum Gasteiger partial charge on any atom is 0.239 e.